The summed E-state index contributed by atoms with van der Waals surface area (Å²) in [4.78, 5) is 2.43. The molecule has 0 spiro atoms. The fraction of sp³-hybridized carbons (Fsp3) is 0. The minimum Gasteiger partial charge on any atom is -0.455 e. The molecule has 11 aromatic rings. The normalized spacial score (nSPS) is 11.8. The van der Waals surface area contributed by atoms with Gasteiger partial charge in [-0.3, -0.25) is 0 Å². The Morgan fingerprint density at radius 2 is 1.09 bits per heavy atom. The Kier molecular flexibility index (Phi) is 6.76. The largest absolute Gasteiger partial charge is 0.455 e. The zero-order valence-corrected chi connectivity index (χ0v) is 29.5. The lowest BCUT2D eigenvalue weighted by Crippen LogP contribution is -2.10. The third-order valence-corrected chi connectivity index (χ3v) is 11.9. The molecule has 0 atom stereocenters. The zero-order chi connectivity index (χ0) is 34.9. The molecule has 0 bridgehead atoms. The van der Waals surface area contributed by atoms with Gasteiger partial charge in [-0.25, -0.2) is 0 Å². The highest BCUT2D eigenvalue weighted by molar-refractivity contribution is 7.26. The first-order valence-electron chi connectivity index (χ1n) is 18.0. The smallest absolute Gasteiger partial charge is 0.143 e. The number of fused-ring (bicyclic) bond motifs is 9. The highest BCUT2D eigenvalue weighted by Crippen LogP contribution is 2.46. The third-order valence-electron chi connectivity index (χ3n) is 10.7. The van der Waals surface area contributed by atoms with E-state index < -0.39 is 0 Å². The maximum atomic E-state index is 6.59. The number of hydrogen-bond donors (Lipinski definition) is 0. The van der Waals surface area contributed by atoms with E-state index in [0.29, 0.717) is 0 Å². The Balaban J connectivity index is 1.11. The summed E-state index contributed by atoms with van der Waals surface area (Å²) in [6.07, 6.45) is 0. The van der Waals surface area contributed by atoms with Crippen LogP contribution in [0.5, 0.6) is 0 Å². The number of hydrogen-bond acceptors (Lipinski definition) is 3. The summed E-state index contributed by atoms with van der Waals surface area (Å²) in [7, 11) is 0. The average Bonchev–Trinajstić information content (AvgIpc) is 3.81. The van der Waals surface area contributed by atoms with Crippen LogP contribution in [0.15, 0.2) is 192 Å². The molecule has 53 heavy (non-hydrogen) atoms. The number of furan rings is 1. The van der Waals surface area contributed by atoms with E-state index in [1.54, 1.807) is 0 Å². The summed E-state index contributed by atoms with van der Waals surface area (Å²) >= 11 is 1.86. The second-order valence-corrected chi connectivity index (χ2v) is 14.7. The SMILES string of the molecule is c1cc(-c2cccc3oc4c5ccccc5ccc4c23)cc(N(c2ccc(-c3cccc4ccccc34)cc2)c2cccc3c2sc2ccccc23)c1. The molecule has 0 N–H and O–H groups in total. The van der Waals surface area contributed by atoms with Gasteiger partial charge in [0.2, 0.25) is 0 Å². The molecule has 248 valence electrons. The van der Waals surface area contributed by atoms with E-state index in [4.69, 9.17) is 4.42 Å². The Morgan fingerprint density at radius 1 is 0.415 bits per heavy atom. The molecule has 2 heterocycles. The molecule has 0 aliphatic rings. The third kappa shape index (κ3) is 4.78. The van der Waals surface area contributed by atoms with E-state index in [1.807, 2.05) is 11.3 Å². The minimum absolute atomic E-state index is 0.898. The summed E-state index contributed by atoms with van der Waals surface area (Å²) in [6.45, 7) is 0. The molecule has 0 amide bonds. The van der Waals surface area contributed by atoms with Crippen LogP contribution in [-0.4, -0.2) is 0 Å². The van der Waals surface area contributed by atoms with Crippen LogP contribution in [0, 0.1) is 0 Å². The van der Waals surface area contributed by atoms with Crippen LogP contribution in [0.25, 0.3) is 85.9 Å². The van der Waals surface area contributed by atoms with Gasteiger partial charge in [0.1, 0.15) is 11.2 Å². The molecule has 0 saturated heterocycles. The molecule has 0 fully saturated rings. The van der Waals surface area contributed by atoms with Crippen LogP contribution >= 0.6 is 11.3 Å². The summed E-state index contributed by atoms with van der Waals surface area (Å²) in [6, 6.07) is 68.0. The molecule has 2 aromatic heterocycles. The summed E-state index contributed by atoms with van der Waals surface area (Å²) in [5.74, 6) is 0. The predicted molar refractivity (Wildman–Crippen MR) is 227 cm³/mol. The predicted octanol–water partition coefficient (Wildman–Crippen LogP) is 15.1. The molecule has 0 aliphatic heterocycles. The fourth-order valence-corrected chi connectivity index (χ4v) is 9.42. The van der Waals surface area contributed by atoms with Gasteiger partial charge in [-0.05, 0) is 86.9 Å². The van der Waals surface area contributed by atoms with Gasteiger partial charge in [-0.2, -0.15) is 0 Å². The van der Waals surface area contributed by atoms with E-state index in [-0.39, 0.29) is 0 Å². The van der Waals surface area contributed by atoms with Gasteiger partial charge in [-0.15, -0.1) is 11.3 Å². The Hall–Kier alpha value is -6.68. The Labute approximate surface area is 310 Å². The van der Waals surface area contributed by atoms with Crippen molar-refractivity contribution in [2.45, 2.75) is 0 Å². The second kappa shape index (κ2) is 11.9. The fourth-order valence-electron chi connectivity index (χ4n) is 8.21. The van der Waals surface area contributed by atoms with Crippen LogP contribution < -0.4 is 4.90 Å². The van der Waals surface area contributed by atoms with Gasteiger partial charge >= 0.3 is 0 Å². The number of nitrogens with zero attached hydrogens (tertiary/aromatic N) is 1. The number of thiophene rings is 1. The summed E-state index contributed by atoms with van der Waals surface area (Å²) < 4.78 is 9.15. The van der Waals surface area contributed by atoms with Gasteiger partial charge in [0, 0.05) is 43.0 Å². The second-order valence-electron chi connectivity index (χ2n) is 13.7. The topological polar surface area (TPSA) is 16.4 Å². The van der Waals surface area contributed by atoms with Gasteiger partial charge in [0.25, 0.3) is 0 Å². The maximum Gasteiger partial charge on any atom is 0.143 e. The van der Waals surface area contributed by atoms with Crippen molar-refractivity contribution in [2.24, 2.45) is 0 Å². The number of anilines is 3. The number of rotatable bonds is 5. The molecule has 3 heteroatoms. The summed E-state index contributed by atoms with van der Waals surface area (Å²) in [5, 5.41) is 9.67. The quantitative estimate of drug-likeness (QED) is 0.178. The van der Waals surface area contributed by atoms with Crippen LogP contribution in [0.2, 0.25) is 0 Å². The highest BCUT2D eigenvalue weighted by atomic mass is 32.1. The van der Waals surface area contributed by atoms with E-state index in [0.717, 1.165) is 55.5 Å². The van der Waals surface area contributed by atoms with Gasteiger partial charge in [0.15, 0.2) is 0 Å². The molecule has 0 saturated carbocycles. The van der Waals surface area contributed by atoms with Gasteiger partial charge < -0.3 is 9.32 Å². The molecule has 9 aromatic carbocycles. The Bertz CT molecular complexity index is 3180. The first kappa shape index (κ1) is 30.0. The molecule has 0 radical (unpaired) electrons. The van der Waals surface area contributed by atoms with Gasteiger partial charge in [0.05, 0.1) is 10.4 Å². The van der Waals surface area contributed by atoms with E-state index in [1.165, 1.54) is 47.5 Å². The molecule has 0 unspecified atom stereocenters. The first-order chi connectivity index (χ1) is 26.3. The minimum atomic E-state index is 0.898. The lowest BCUT2D eigenvalue weighted by molar-refractivity contribution is 0.673. The van der Waals surface area contributed by atoms with Crippen molar-refractivity contribution in [1.82, 2.24) is 0 Å². The van der Waals surface area contributed by atoms with Crippen molar-refractivity contribution in [1.29, 1.82) is 0 Å². The van der Waals surface area contributed by atoms with Crippen molar-refractivity contribution in [3.05, 3.63) is 188 Å². The standard InChI is InChI=1S/C50H31NOS/c1-3-16-38-32(11-1)13-8-19-39(38)34-25-28-36(29-26-34)51(45-22-9-21-43-42-18-5-6-24-47(42)53-50(43)45)37-15-7-14-35(31-37)40-20-10-23-46-48(40)44-30-27-33-12-2-4-17-41(33)49(44)52-46/h1-31H. The number of benzene rings is 9. The van der Waals surface area contributed by atoms with Crippen molar-refractivity contribution in [3.63, 3.8) is 0 Å². The first-order valence-corrected chi connectivity index (χ1v) is 18.8. The maximum absolute atomic E-state index is 6.59. The van der Waals surface area contributed by atoms with Crippen LogP contribution in [-0.2, 0) is 0 Å². The zero-order valence-electron chi connectivity index (χ0n) is 28.7. The molecular weight excluding hydrogens is 663 g/mol. The van der Waals surface area contributed by atoms with Crippen molar-refractivity contribution >= 4 is 92.1 Å². The molecule has 11 rings (SSSR count). The van der Waals surface area contributed by atoms with Crippen molar-refractivity contribution in [3.8, 4) is 22.3 Å². The summed E-state index contributed by atoms with van der Waals surface area (Å²) in [5.41, 5.74) is 9.94. The highest BCUT2D eigenvalue weighted by Gasteiger charge is 2.20. The average molecular weight is 694 g/mol. The van der Waals surface area contributed by atoms with E-state index >= 15 is 0 Å². The van der Waals surface area contributed by atoms with Crippen LogP contribution in [0.3, 0.4) is 0 Å². The molecule has 2 nitrogen and oxygen atoms in total. The lowest BCUT2D eigenvalue weighted by atomic mass is 9.97. The van der Waals surface area contributed by atoms with E-state index in [2.05, 4.69) is 193 Å². The molecule has 0 aliphatic carbocycles. The Morgan fingerprint density at radius 3 is 1.98 bits per heavy atom. The lowest BCUT2D eigenvalue weighted by Gasteiger charge is -2.27. The van der Waals surface area contributed by atoms with Crippen LogP contribution in [0.4, 0.5) is 17.1 Å². The van der Waals surface area contributed by atoms with E-state index in [9.17, 15) is 0 Å². The van der Waals surface area contributed by atoms with Crippen molar-refractivity contribution < 1.29 is 4.42 Å². The monoisotopic (exact) mass is 693 g/mol. The van der Waals surface area contributed by atoms with Crippen molar-refractivity contribution in [2.75, 3.05) is 4.90 Å². The van der Waals surface area contributed by atoms with Crippen LogP contribution in [0.1, 0.15) is 0 Å². The molecular formula is C50H31NOS. The van der Waals surface area contributed by atoms with Gasteiger partial charge in [-0.1, -0.05) is 140 Å².